The first-order valence-corrected chi connectivity index (χ1v) is 6.87. The summed E-state index contributed by atoms with van der Waals surface area (Å²) in [6.07, 6.45) is 6.12. The number of thiophene rings is 1. The van der Waals surface area contributed by atoms with Crippen molar-refractivity contribution in [3.8, 4) is 0 Å². The monoisotopic (exact) mass is 235 g/mol. The molecule has 1 aromatic rings. The van der Waals surface area contributed by atoms with Gasteiger partial charge in [0.15, 0.2) is 0 Å². The van der Waals surface area contributed by atoms with Crippen LogP contribution in [-0.2, 0) is 6.42 Å². The number of nitrogens with two attached hydrogens (primary N) is 1. The third-order valence-corrected chi connectivity index (χ3v) is 4.39. The molecule has 1 unspecified atom stereocenters. The molecule has 0 aromatic carbocycles. The van der Waals surface area contributed by atoms with E-state index >= 15 is 0 Å². The molecule has 1 saturated carbocycles. The van der Waals surface area contributed by atoms with E-state index in [1.165, 1.54) is 42.5 Å². The van der Waals surface area contributed by atoms with Crippen molar-refractivity contribution >= 4 is 17.2 Å². The van der Waals surface area contributed by atoms with Gasteiger partial charge in [-0.15, -0.1) is 11.3 Å². The van der Waals surface area contributed by atoms with Gasteiger partial charge in [-0.3, -0.25) is 4.99 Å². The van der Waals surface area contributed by atoms with Gasteiger partial charge in [0, 0.05) is 10.8 Å². The largest absolute Gasteiger partial charge is 0.312 e. The second kappa shape index (κ2) is 4.18. The molecule has 86 valence electrons. The summed E-state index contributed by atoms with van der Waals surface area (Å²) in [4.78, 5) is 6.22. The van der Waals surface area contributed by atoms with Crippen molar-refractivity contribution in [3.63, 3.8) is 0 Å². The smallest absolute Gasteiger partial charge is 0.118 e. The van der Waals surface area contributed by atoms with E-state index in [2.05, 4.69) is 16.9 Å². The number of nitrogens with one attached hydrogen (secondary N) is 1. The summed E-state index contributed by atoms with van der Waals surface area (Å²) in [6, 6.07) is 2.78. The lowest BCUT2D eigenvalue weighted by Gasteiger charge is -2.23. The van der Waals surface area contributed by atoms with Gasteiger partial charge in [0.25, 0.3) is 0 Å². The molecule has 16 heavy (non-hydrogen) atoms. The van der Waals surface area contributed by atoms with Crippen molar-refractivity contribution in [1.29, 1.82) is 0 Å². The Hall–Kier alpha value is -0.870. The number of hydrogen-bond acceptors (Lipinski definition) is 3. The molecule has 0 amide bonds. The Kier molecular flexibility index (Phi) is 2.69. The van der Waals surface area contributed by atoms with E-state index in [0.29, 0.717) is 12.0 Å². The van der Waals surface area contributed by atoms with Crippen LogP contribution in [0.15, 0.2) is 16.4 Å². The van der Waals surface area contributed by atoms with Crippen LogP contribution in [0.5, 0.6) is 0 Å². The molecule has 0 bridgehead atoms. The molecule has 2 aliphatic rings. The number of nitrogens with zero attached hydrogens (tertiary/aromatic N) is 1. The third kappa shape index (κ3) is 1.87. The van der Waals surface area contributed by atoms with Gasteiger partial charge in [-0.1, -0.05) is 0 Å². The maximum Gasteiger partial charge on any atom is 0.118 e. The van der Waals surface area contributed by atoms with Gasteiger partial charge in [0.05, 0.1) is 6.04 Å². The van der Waals surface area contributed by atoms with Crippen molar-refractivity contribution < 1.29 is 0 Å². The van der Waals surface area contributed by atoms with Crippen LogP contribution in [0.1, 0.15) is 42.0 Å². The third-order valence-electron chi connectivity index (χ3n) is 3.40. The number of hydrazine groups is 1. The number of amidine groups is 1. The van der Waals surface area contributed by atoms with E-state index in [-0.39, 0.29) is 0 Å². The summed E-state index contributed by atoms with van der Waals surface area (Å²) in [6.45, 7) is 0. The fraction of sp³-hybridized carbons (Fsp3) is 0.583. The van der Waals surface area contributed by atoms with E-state index in [1.807, 2.05) is 11.3 Å². The van der Waals surface area contributed by atoms with E-state index < -0.39 is 0 Å². The molecule has 4 heteroatoms. The van der Waals surface area contributed by atoms with Crippen LogP contribution in [0.2, 0.25) is 0 Å². The van der Waals surface area contributed by atoms with Gasteiger partial charge in [0.2, 0.25) is 0 Å². The van der Waals surface area contributed by atoms with Gasteiger partial charge >= 0.3 is 0 Å². The Morgan fingerprint density at radius 2 is 2.31 bits per heavy atom. The predicted molar refractivity (Wildman–Crippen MR) is 67.8 cm³/mol. The number of rotatable bonds is 2. The van der Waals surface area contributed by atoms with Crippen molar-refractivity contribution in [2.75, 3.05) is 0 Å². The van der Waals surface area contributed by atoms with Crippen molar-refractivity contribution in [1.82, 2.24) is 5.43 Å². The summed E-state index contributed by atoms with van der Waals surface area (Å²) in [5, 5.41) is 2.19. The highest BCUT2D eigenvalue weighted by molar-refractivity contribution is 7.10. The highest BCUT2D eigenvalue weighted by Gasteiger charge is 2.28. The van der Waals surface area contributed by atoms with Gasteiger partial charge in [-0.25, -0.2) is 5.84 Å². The quantitative estimate of drug-likeness (QED) is 0.357. The fourth-order valence-corrected chi connectivity index (χ4v) is 3.39. The molecule has 0 spiro atoms. The molecule has 3 N–H and O–H groups in total. The molecular weight excluding hydrogens is 218 g/mol. The first kappa shape index (κ1) is 10.3. The van der Waals surface area contributed by atoms with Crippen molar-refractivity contribution in [2.45, 2.75) is 44.1 Å². The molecule has 0 radical (unpaired) electrons. The molecule has 3 nitrogen and oxygen atoms in total. The highest BCUT2D eigenvalue weighted by atomic mass is 32.1. The van der Waals surface area contributed by atoms with Gasteiger partial charge < -0.3 is 5.43 Å². The standard InChI is InChI=1S/C12H17N3S/c13-15-12(14-8-4-5-8)10-2-1-3-11-9(10)6-7-16-11/h6-8,10H,1-5,13H2,(H,14,15). The van der Waals surface area contributed by atoms with E-state index in [4.69, 9.17) is 10.8 Å². The zero-order chi connectivity index (χ0) is 11.0. The van der Waals surface area contributed by atoms with Crippen LogP contribution in [0, 0.1) is 0 Å². The van der Waals surface area contributed by atoms with Crippen LogP contribution >= 0.6 is 11.3 Å². The van der Waals surface area contributed by atoms with Crippen LogP contribution < -0.4 is 11.3 Å². The van der Waals surface area contributed by atoms with Gasteiger partial charge in [-0.2, -0.15) is 0 Å². The molecular formula is C12H17N3S. The minimum atomic E-state index is 0.417. The summed E-state index contributed by atoms with van der Waals surface area (Å²) >= 11 is 1.87. The number of fused-ring (bicyclic) bond motifs is 1. The fourth-order valence-electron chi connectivity index (χ4n) is 2.40. The average molecular weight is 235 g/mol. The van der Waals surface area contributed by atoms with Gasteiger partial charge in [0.1, 0.15) is 5.84 Å². The van der Waals surface area contributed by atoms with E-state index in [0.717, 1.165) is 5.84 Å². The second-order valence-electron chi connectivity index (χ2n) is 4.63. The molecule has 1 atom stereocenters. The van der Waals surface area contributed by atoms with Crippen LogP contribution in [0.25, 0.3) is 0 Å². The lowest BCUT2D eigenvalue weighted by molar-refractivity contribution is 0.642. The normalized spacial score (nSPS) is 25.3. The molecule has 1 aromatic heterocycles. The molecule has 0 saturated heterocycles. The van der Waals surface area contributed by atoms with Crippen LogP contribution in [-0.4, -0.2) is 11.9 Å². The zero-order valence-electron chi connectivity index (χ0n) is 9.28. The summed E-state index contributed by atoms with van der Waals surface area (Å²) in [7, 11) is 0. The van der Waals surface area contributed by atoms with Crippen molar-refractivity contribution in [3.05, 3.63) is 21.9 Å². The number of aliphatic imine (C=N–C) groups is 1. The average Bonchev–Trinajstić information content (AvgIpc) is 3.00. The Morgan fingerprint density at radius 3 is 3.06 bits per heavy atom. The first-order chi connectivity index (χ1) is 7.88. The Labute approximate surface area is 99.7 Å². The zero-order valence-corrected chi connectivity index (χ0v) is 10.1. The summed E-state index contributed by atoms with van der Waals surface area (Å²) < 4.78 is 0. The SMILES string of the molecule is NNC(=NC1CC1)C1CCCc2sccc21. The Balaban J connectivity index is 1.89. The molecule has 1 fully saturated rings. The number of aryl methyl sites for hydroxylation is 1. The molecule has 3 rings (SSSR count). The first-order valence-electron chi connectivity index (χ1n) is 5.99. The maximum atomic E-state index is 5.63. The topological polar surface area (TPSA) is 50.4 Å². The molecule has 1 heterocycles. The number of hydrogen-bond donors (Lipinski definition) is 2. The van der Waals surface area contributed by atoms with Gasteiger partial charge in [-0.05, 0) is 49.1 Å². The highest BCUT2D eigenvalue weighted by Crippen LogP contribution is 2.36. The van der Waals surface area contributed by atoms with Crippen molar-refractivity contribution in [2.24, 2.45) is 10.8 Å². The van der Waals surface area contributed by atoms with E-state index in [1.54, 1.807) is 0 Å². The maximum absolute atomic E-state index is 5.63. The summed E-state index contributed by atoms with van der Waals surface area (Å²) in [5.74, 6) is 7.05. The minimum Gasteiger partial charge on any atom is -0.312 e. The van der Waals surface area contributed by atoms with E-state index in [9.17, 15) is 0 Å². The lowest BCUT2D eigenvalue weighted by atomic mass is 9.87. The Bertz CT molecular complexity index is 406. The van der Waals surface area contributed by atoms with Crippen LogP contribution in [0.3, 0.4) is 0 Å². The van der Waals surface area contributed by atoms with Crippen LogP contribution in [0.4, 0.5) is 0 Å². The summed E-state index contributed by atoms with van der Waals surface area (Å²) in [5.41, 5.74) is 4.28. The Morgan fingerprint density at radius 1 is 1.44 bits per heavy atom. The molecule has 2 aliphatic carbocycles. The second-order valence-corrected chi connectivity index (χ2v) is 5.63. The predicted octanol–water partition coefficient (Wildman–Crippen LogP) is 2.19. The molecule has 0 aliphatic heterocycles. The lowest BCUT2D eigenvalue weighted by Crippen LogP contribution is -2.36. The minimum absolute atomic E-state index is 0.417.